The van der Waals surface area contributed by atoms with Crippen molar-refractivity contribution in [1.82, 2.24) is 10.2 Å². The van der Waals surface area contributed by atoms with Crippen LogP contribution in [0.4, 0.5) is 0 Å². The number of carbonyl (C=O) groups excluding carboxylic acids is 2. The first kappa shape index (κ1) is 17.0. The fourth-order valence-electron chi connectivity index (χ4n) is 2.39. The Morgan fingerprint density at radius 2 is 1.85 bits per heavy atom. The number of nitrogens with zero attached hydrogens (tertiary/aromatic N) is 1. The highest BCUT2D eigenvalue weighted by Gasteiger charge is 2.30. The summed E-state index contributed by atoms with van der Waals surface area (Å²) in [6.07, 6.45) is 2.16. The van der Waals surface area contributed by atoms with E-state index in [1.807, 2.05) is 32.6 Å². The highest BCUT2D eigenvalue weighted by Crippen LogP contribution is 2.21. The first-order valence-electron chi connectivity index (χ1n) is 7.53. The molecule has 0 spiro atoms. The van der Waals surface area contributed by atoms with Gasteiger partial charge >= 0.3 is 0 Å². The number of hydrogen-bond donors (Lipinski definition) is 2. The molecule has 1 rings (SSSR count). The van der Waals surface area contributed by atoms with Gasteiger partial charge in [-0.25, -0.2) is 0 Å². The van der Waals surface area contributed by atoms with E-state index in [9.17, 15) is 9.59 Å². The minimum Gasteiger partial charge on any atom is -0.353 e. The van der Waals surface area contributed by atoms with E-state index in [-0.39, 0.29) is 29.2 Å². The van der Waals surface area contributed by atoms with Gasteiger partial charge in [0.05, 0.1) is 0 Å². The van der Waals surface area contributed by atoms with Gasteiger partial charge in [-0.1, -0.05) is 27.7 Å². The highest BCUT2D eigenvalue weighted by atomic mass is 16.2. The average molecular weight is 283 g/mol. The fourth-order valence-corrected chi connectivity index (χ4v) is 2.39. The van der Waals surface area contributed by atoms with Gasteiger partial charge in [-0.05, 0) is 25.3 Å². The summed E-state index contributed by atoms with van der Waals surface area (Å²) < 4.78 is 0. The van der Waals surface area contributed by atoms with Crippen LogP contribution in [0.3, 0.4) is 0 Å². The zero-order chi connectivity index (χ0) is 15.3. The Labute approximate surface area is 122 Å². The quantitative estimate of drug-likeness (QED) is 0.812. The summed E-state index contributed by atoms with van der Waals surface area (Å²) in [5.74, 6) is 0.486. The molecule has 116 valence electrons. The van der Waals surface area contributed by atoms with Gasteiger partial charge in [-0.3, -0.25) is 9.59 Å². The van der Waals surface area contributed by atoms with Gasteiger partial charge in [-0.2, -0.15) is 0 Å². The molecule has 5 nitrogen and oxygen atoms in total. The predicted molar refractivity (Wildman–Crippen MR) is 80.0 cm³/mol. The lowest BCUT2D eigenvalue weighted by atomic mass is 9.93. The molecule has 1 heterocycles. The third-order valence-electron chi connectivity index (χ3n) is 3.73. The number of nitrogens with one attached hydrogen (secondary N) is 1. The molecule has 1 unspecified atom stereocenters. The van der Waals surface area contributed by atoms with Crippen LogP contribution in [-0.4, -0.2) is 42.4 Å². The SMILES string of the molecule is CC(CN)CC(=O)NC1CCN(C(=O)C(C)(C)C)CC1. The molecule has 1 saturated heterocycles. The maximum absolute atomic E-state index is 12.2. The maximum atomic E-state index is 12.2. The Balaban J connectivity index is 2.36. The summed E-state index contributed by atoms with van der Waals surface area (Å²) in [5, 5.41) is 3.05. The Bertz CT molecular complexity index is 342. The van der Waals surface area contributed by atoms with Crippen molar-refractivity contribution in [1.29, 1.82) is 0 Å². The number of hydrogen-bond acceptors (Lipinski definition) is 3. The lowest BCUT2D eigenvalue weighted by Gasteiger charge is -2.36. The number of rotatable bonds is 4. The Morgan fingerprint density at radius 3 is 2.30 bits per heavy atom. The largest absolute Gasteiger partial charge is 0.353 e. The third-order valence-corrected chi connectivity index (χ3v) is 3.73. The van der Waals surface area contributed by atoms with Crippen LogP contribution in [0.1, 0.15) is 47.0 Å². The summed E-state index contributed by atoms with van der Waals surface area (Å²) in [6, 6.07) is 0.191. The van der Waals surface area contributed by atoms with Crippen molar-refractivity contribution < 1.29 is 9.59 Å². The molecule has 0 aromatic rings. The molecule has 1 aliphatic heterocycles. The molecule has 2 amide bonds. The van der Waals surface area contributed by atoms with Crippen LogP contribution in [0.5, 0.6) is 0 Å². The monoisotopic (exact) mass is 283 g/mol. The second-order valence-electron chi connectivity index (χ2n) is 6.93. The maximum Gasteiger partial charge on any atom is 0.227 e. The number of nitrogens with two attached hydrogens (primary N) is 1. The molecular weight excluding hydrogens is 254 g/mol. The predicted octanol–water partition coefficient (Wildman–Crippen LogP) is 1.12. The first-order valence-corrected chi connectivity index (χ1v) is 7.53. The van der Waals surface area contributed by atoms with Crippen molar-refractivity contribution in [2.75, 3.05) is 19.6 Å². The molecule has 0 saturated carbocycles. The number of piperidine rings is 1. The first-order chi connectivity index (χ1) is 9.24. The van der Waals surface area contributed by atoms with Crippen molar-refractivity contribution in [3.8, 4) is 0 Å². The molecule has 0 bridgehead atoms. The van der Waals surface area contributed by atoms with Gasteiger partial charge in [-0.15, -0.1) is 0 Å². The molecule has 0 radical (unpaired) electrons. The van der Waals surface area contributed by atoms with Crippen LogP contribution in [0.2, 0.25) is 0 Å². The van der Waals surface area contributed by atoms with Gasteiger partial charge in [0, 0.05) is 31.0 Å². The number of likely N-dealkylation sites (tertiary alicyclic amines) is 1. The summed E-state index contributed by atoms with van der Waals surface area (Å²) >= 11 is 0. The van der Waals surface area contributed by atoms with Crippen molar-refractivity contribution in [3.05, 3.63) is 0 Å². The second-order valence-corrected chi connectivity index (χ2v) is 6.93. The normalized spacial score (nSPS) is 18.8. The molecule has 5 heteroatoms. The zero-order valence-corrected chi connectivity index (χ0v) is 13.2. The Kier molecular flexibility index (Phi) is 5.99. The molecule has 0 aromatic heterocycles. The van der Waals surface area contributed by atoms with Crippen molar-refractivity contribution >= 4 is 11.8 Å². The van der Waals surface area contributed by atoms with Crippen LogP contribution in [0.25, 0.3) is 0 Å². The highest BCUT2D eigenvalue weighted by molar-refractivity contribution is 5.81. The third kappa shape index (κ3) is 5.12. The van der Waals surface area contributed by atoms with E-state index >= 15 is 0 Å². The zero-order valence-electron chi connectivity index (χ0n) is 13.2. The molecule has 0 aliphatic carbocycles. The lowest BCUT2D eigenvalue weighted by Crippen LogP contribution is -2.49. The Hall–Kier alpha value is -1.10. The van der Waals surface area contributed by atoms with Crippen LogP contribution < -0.4 is 11.1 Å². The van der Waals surface area contributed by atoms with Gasteiger partial charge in [0.2, 0.25) is 11.8 Å². The molecule has 1 aliphatic rings. The van der Waals surface area contributed by atoms with E-state index in [1.165, 1.54) is 0 Å². The number of amides is 2. The molecule has 20 heavy (non-hydrogen) atoms. The van der Waals surface area contributed by atoms with Gasteiger partial charge < -0.3 is 16.0 Å². The average Bonchev–Trinajstić information content (AvgIpc) is 2.37. The number of carbonyl (C=O) groups is 2. The molecule has 1 atom stereocenters. The second kappa shape index (κ2) is 7.07. The van der Waals surface area contributed by atoms with E-state index in [1.54, 1.807) is 0 Å². The lowest BCUT2D eigenvalue weighted by molar-refractivity contribution is -0.140. The van der Waals surface area contributed by atoms with E-state index in [0.717, 1.165) is 25.9 Å². The van der Waals surface area contributed by atoms with E-state index < -0.39 is 0 Å². The summed E-state index contributed by atoms with van der Waals surface area (Å²) in [7, 11) is 0. The van der Waals surface area contributed by atoms with Crippen LogP contribution in [0.15, 0.2) is 0 Å². The van der Waals surface area contributed by atoms with Gasteiger partial charge in [0.25, 0.3) is 0 Å². The summed E-state index contributed by atoms with van der Waals surface area (Å²) in [4.78, 5) is 25.9. The summed E-state index contributed by atoms with van der Waals surface area (Å²) in [5.41, 5.74) is 5.19. The summed E-state index contributed by atoms with van der Waals surface area (Å²) in [6.45, 7) is 9.79. The van der Waals surface area contributed by atoms with Crippen molar-refractivity contribution in [2.24, 2.45) is 17.1 Å². The smallest absolute Gasteiger partial charge is 0.227 e. The van der Waals surface area contributed by atoms with Crippen LogP contribution in [0, 0.1) is 11.3 Å². The van der Waals surface area contributed by atoms with Crippen LogP contribution in [-0.2, 0) is 9.59 Å². The van der Waals surface area contributed by atoms with Crippen LogP contribution >= 0.6 is 0 Å². The fraction of sp³-hybridized carbons (Fsp3) is 0.867. The molecular formula is C15H29N3O2. The van der Waals surface area contributed by atoms with E-state index in [0.29, 0.717) is 13.0 Å². The van der Waals surface area contributed by atoms with Crippen molar-refractivity contribution in [2.45, 2.75) is 53.0 Å². The Morgan fingerprint density at radius 1 is 1.30 bits per heavy atom. The minimum absolute atomic E-state index is 0.0727. The topological polar surface area (TPSA) is 75.4 Å². The minimum atomic E-state index is -0.327. The van der Waals surface area contributed by atoms with Gasteiger partial charge in [0.1, 0.15) is 0 Å². The molecule has 0 aromatic carbocycles. The molecule has 1 fully saturated rings. The van der Waals surface area contributed by atoms with Crippen molar-refractivity contribution in [3.63, 3.8) is 0 Å². The van der Waals surface area contributed by atoms with E-state index in [2.05, 4.69) is 5.32 Å². The van der Waals surface area contributed by atoms with E-state index in [4.69, 9.17) is 5.73 Å². The van der Waals surface area contributed by atoms with Gasteiger partial charge in [0.15, 0.2) is 0 Å². The molecule has 3 N–H and O–H groups in total. The standard InChI is InChI=1S/C15H29N3O2/c1-11(10-16)9-13(19)17-12-5-7-18(8-6-12)14(20)15(2,3)4/h11-12H,5-10,16H2,1-4H3,(H,17,19).